The number of aromatic nitrogens is 4. The second kappa shape index (κ2) is 12.3. The van der Waals surface area contributed by atoms with Gasteiger partial charge in [-0.1, -0.05) is 104 Å². The summed E-state index contributed by atoms with van der Waals surface area (Å²) in [6.45, 7) is 4.18. The van der Waals surface area contributed by atoms with Crippen molar-refractivity contribution in [1.29, 1.82) is 0 Å². The summed E-state index contributed by atoms with van der Waals surface area (Å²) >= 11 is 4.81. The molecular weight excluding hydrogens is 704 g/mol. The van der Waals surface area contributed by atoms with Gasteiger partial charge < -0.3 is 22.8 Å². The summed E-state index contributed by atoms with van der Waals surface area (Å²) in [5, 5.41) is 8.86. The zero-order valence-electron chi connectivity index (χ0n) is 22.8. The Bertz CT molecular complexity index is 1720. The van der Waals surface area contributed by atoms with Crippen LogP contribution in [0.2, 0.25) is 0 Å². The van der Waals surface area contributed by atoms with Crippen molar-refractivity contribution in [2.45, 2.75) is 30.6 Å². The van der Waals surface area contributed by atoms with Crippen LogP contribution in [-0.4, -0.2) is 15.1 Å². The molecule has 204 valence electrons. The predicted molar refractivity (Wildman–Crippen MR) is 162 cm³/mol. The van der Waals surface area contributed by atoms with E-state index >= 15 is 0 Å². The number of fused-ring (bicyclic) bond motifs is 3. The molecule has 0 aliphatic heterocycles. The molecule has 1 aliphatic rings. The fourth-order valence-corrected chi connectivity index (χ4v) is 5.83. The third kappa shape index (κ3) is 5.05. The van der Waals surface area contributed by atoms with Crippen LogP contribution in [0.15, 0.2) is 126 Å². The first-order chi connectivity index (χ1) is 19.6. The van der Waals surface area contributed by atoms with E-state index in [2.05, 4.69) is 96.8 Å². The summed E-state index contributed by atoms with van der Waals surface area (Å²) in [5.41, 5.74) is 9.97. The van der Waals surface area contributed by atoms with Gasteiger partial charge in [0.05, 0.1) is 17.1 Å². The van der Waals surface area contributed by atoms with Gasteiger partial charge in [-0.15, -0.1) is 0 Å². The Labute approximate surface area is 261 Å². The van der Waals surface area contributed by atoms with Crippen molar-refractivity contribution in [2.24, 2.45) is 0 Å². The van der Waals surface area contributed by atoms with Gasteiger partial charge in [0.1, 0.15) is 5.41 Å². The maximum atomic E-state index is 5.24. The van der Waals surface area contributed by atoms with Crippen LogP contribution >= 0.6 is 0 Å². The largest absolute Gasteiger partial charge is 2.00 e. The number of hydrogen-bond donors (Lipinski definition) is 0. The molecule has 0 atom stereocenters. The van der Waals surface area contributed by atoms with Gasteiger partial charge in [-0.25, -0.2) is 0 Å². The first-order valence-corrected chi connectivity index (χ1v) is 13.8. The van der Waals surface area contributed by atoms with Crippen LogP contribution in [0, 0.1) is 6.92 Å². The maximum absolute atomic E-state index is 5.24. The zero-order valence-corrected chi connectivity index (χ0v) is 25.9. The summed E-state index contributed by atoms with van der Waals surface area (Å²) < 4.78 is 0. The molecule has 3 aromatic heterocycles. The predicted octanol–water partition coefficient (Wildman–Crippen LogP) is 7.32. The Morgan fingerprint density at radius 2 is 1.32 bits per heavy atom. The van der Waals surface area contributed by atoms with E-state index in [-0.39, 0.29) is 21.1 Å². The van der Waals surface area contributed by atoms with Gasteiger partial charge in [-0.2, -0.15) is 4.90 Å². The van der Waals surface area contributed by atoms with Crippen LogP contribution in [0.5, 0.6) is 0 Å². The van der Waals surface area contributed by atoms with E-state index in [9.17, 15) is 0 Å². The van der Waals surface area contributed by atoms with Gasteiger partial charge in [-0.3, -0.25) is 9.97 Å². The van der Waals surface area contributed by atoms with Crippen LogP contribution < -0.4 is 5.10 Å². The SMILES string of the molecule is CCc1n[n-]c(-c2cccc(C3(c4ccccn4)c4ccccc4-c4ccccc43)n2)c1C.[Pt+2].[S-]c1ccccc1. The molecule has 0 spiro atoms. The van der Waals surface area contributed by atoms with E-state index in [1.807, 2.05) is 48.7 Å². The normalized spacial score (nSPS) is 12.3. The third-order valence-electron chi connectivity index (χ3n) is 7.51. The van der Waals surface area contributed by atoms with E-state index in [1.54, 1.807) is 0 Å². The van der Waals surface area contributed by atoms with Crippen LogP contribution in [0.25, 0.3) is 22.5 Å². The first-order valence-electron chi connectivity index (χ1n) is 13.4. The Hall–Kier alpha value is -3.92. The summed E-state index contributed by atoms with van der Waals surface area (Å²) in [5.74, 6) is 0. The van der Waals surface area contributed by atoms with Gasteiger partial charge in [0.15, 0.2) is 0 Å². The van der Waals surface area contributed by atoms with E-state index < -0.39 is 5.41 Å². The minimum absolute atomic E-state index is 0. The van der Waals surface area contributed by atoms with Crippen LogP contribution in [0.4, 0.5) is 0 Å². The molecule has 7 rings (SSSR count). The quantitative estimate of drug-likeness (QED) is 0.178. The molecule has 0 saturated carbocycles. The number of benzene rings is 3. The minimum Gasteiger partial charge on any atom is -0.780 e. The molecule has 0 bridgehead atoms. The molecule has 0 saturated heterocycles. The molecule has 3 aromatic carbocycles. The number of aryl methyl sites for hydroxylation is 1. The Morgan fingerprint density at radius 3 is 1.88 bits per heavy atom. The van der Waals surface area contributed by atoms with E-state index in [0.29, 0.717) is 0 Å². The molecule has 1 aliphatic carbocycles. The Balaban J connectivity index is 0.000000372. The molecule has 0 radical (unpaired) electrons. The van der Waals surface area contributed by atoms with Crippen molar-refractivity contribution < 1.29 is 21.1 Å². The maximum Gasteiger partial charge on any atom is 2.00 e. The van der Waals surface area contributed by atoms with Crippen LogP contribution in [0.1, 0.15) is 40.7 Å². The monoisotopic (exact) mass is 731 g/mol. The van der Waals surface area contributed by atoms with E-state index in [4.69, 9.17) is 22.6 Å². The topological polar surface area (TPSA) is 52.8 Å². The average Bonchev–Trinajstić information content (AvgIpc) is 3.54. The molecule has 6 aromatic rings. The fourth-order valence-electron chi connectivity index (χ4n) is 5.67. The van der Waals surface area contributed by atoms with Crippen molar-refractivity contribution in [3.8, 4) is 22.5 Å². The van der Waals surface area contributed by atoms with Crippen molar-refractivity contribution in [3.05, 3.63) is 155 Å². The van der Waals surface area contributed by atoms with Gasteiger partial charge in [0.25, 0.3) is 0 Å². The second-order valence-electron chi connectivity index (χ2n) is 9.75. The smallest absolute Gasteiger partial charge is 0.780 e. The first kappa shape index (κ1) is 28.6. The van der Waals surface area contributed by atoms with Crippen molar-refractivity contribution in [2.75, 3.05) is 0 Å². The number of nitrogens with zero attached hydrogens (tertiary/aromatic N) is 4. The number of pyridine rings is 2. The molecule has 3 heterocycles. The van der Waals surface area contributed by atoms with Gasteiger partial charge in [-0.05, 0) is 65.4 Å². The number of rotatable bonds is 4. The molecule has 0 N–H and O–H groups in total. The zero-order chi connectivity index (χ0) is 27.5. The Morgan fingerprint density at radius 1 is 0.707 bits per heavy atom. The molecule has 6 heteroatoms. The molecule has 0 fully saturated rings. The number of hydrogen-bond acceptors (Lipinski definition) is 4. The molecule has 41 heavy (non-hydrogen) atoms. The van der Waals surface area contributed by atoms with E-state index in [0.717, 1.165) is 45.3 Å². The van der Waals surface area contributed by atoms with E-state index in [1.165, 1.54) is 22.3 Å². The second-order valence-corrected chi connectivity index (χ2v) is 10.2. The van der Waals surface area contributed by atoms with Gasteiger partial charge in [0, 0.05) is 11.9 Å². The van der Waals surface area contributed by atoms with Crippen molar-refractivity contribution >= 4 is 12.6 Å². The van der Waals surface area contributed by atoms with Crippen LogP contribution in [-0.2, 0) is 45.5 Å². The molecule has 0 amide bonds. The van der Waals surface area contributed by atoms with Gasteiger partial charge >= 0.3 is 21.1 Å². The average molecular weight is 732 g/mol. The van der Waals surface area contributed by atoms with Crippen molar-refractivity contribution in [3.63, 3.8) is 0 Å². The third-order valence-corrected chi connectivity index (χ3v) is 7.79. The fraction of sp³-hybridized carbons (Fsp3) is 0.114. The summed E-state index contributed by atoms with van der Waals surface area (Å²) in [7, 11) is 0. The van der Waals surface area contributed by atoms with Gasteiger partial charge in [0.2, 0.25) is 0 Å². The summed E-state index contributed by atoms with van der Waals surface area (Å²) in [6, 6.07) is 39.2. The molecular formula is C35H28N4PtS. The summed E-state index contributed by atoms with van der Waals surface area (Å²) in [4.78, 5) is 11.0. The Kier molecular flexibility index (Phi) is 8.58. The summed E-state index contributed by atoms with van der Waals surface area (Å²) in [6.07, 6.45) is 2.72. The standard InChI is InChI=1S/C29H23N4.C6H6S.Pt/c1-3-24-19(2)28(33-32-24)25-15-10-17-27(31-25)29(26-16-8-9-18-30-26)22-13-6-4-11-20(22)21-12-5-7-14-23(21)29;7-6-4-2-1-3-5-6;/h4-18H,3H2,1-2H3;1-5,7H;/q-1;;+2/p-1. The van der Waals surface area contributed by atoms with Crippen LogP contribution in [0.3, 0.4) is 0 Å². The molecule has 0 unspecified atom stereocenters. The van der Waals surface area contributed by atoms with Crippen molar-refractivity contribution in [1.82, 2.24) is 20.2 Å². The minimum atomic E-state index is -0.605. The molecule has 4 nitrogen and oxygen atoms in total.